The zero-order valence-electron chi connectivity index (χ0n) is 21.7. The summed E-state index contributed by atoms with van der Waals surface area (Å²) in [6, 6.07) is 13.1. The SMILES string of the molecule is CC(C)[C@H](NC(=O)[C@@H](N)CS)C(=O)N1Cc2ccccc2CC1C(=O)NC(CCc1ccccc1)C(=O)O. The number of hydrogen-bond acceptors (Lipinski definition) is 6. The van der Waals surface area contributed by atoms with E-state index in [-0.39, 0.29) is 31.1 Å². The summed E-state index contributed by atoms with van der Waals surface area (Å²) in [5.74, 6) is -2.78. The maximum Gasteiger partial charge on any atom is 0.326 e. The number of amides is 3. The summed E-state index contributed by atoms with van der Waals surface area (Å²) in [7, 11) is 0. The molecule has 2 unspecified atom stereocenters. The molecule has 3 amide bonds. The van der Waals surface area contributed by atoms with E-state index in [0.29, 0.717) is 6.42 Å². The van der Waals surface area contributed by atoms with Crippen molar-refractivity contribution in [2.24, 2.45) is 11.7 Å². The van der Waals surface area contributed by atoms with Gasteiger partial charge in [-0.1, -0.05) is 68.4 Å². The van der Waals surface area contributed by atoms with E-state index in [1.54, 1.807) is 13.8 Å². The number of nitrogens with zero attached hydrogens (tertiary/aromatic N) is 1. The van der Waals surface area contributed by atoms with Gasteiger partial charge in [0.2, 0.25) is 17.7 Å². The lowest BCUT2D eigenvalue weighted by Crippen LogP contribution is -2.61. The average molecular weight is 541 g/mol. The standard InChI is InChI=1S/C28H36N4O5S/c1-17(2)24(31-25(33)21(29)16-38)27(35)32-15-20-11-7-6-10-19(20)14-23(32)26(34)30-22(28(36)37)13-12-18-8-4-3-5-9-18/h3-11,17,21-24,38H,12-16,29H2,1-2H3,(H,30,34)(H,31,33)(H,36,37)/t21-,22?,23?,24-/m0/s1. The smallest absolute Gasteiger partial charge is 0.326 e. The average Bonchev–Trinajstić information content (AvgIpc) is 2.92. The van der Waals surface area contributed by atoms with Crippen LogP contribution in [0.25, 0.3) is 0 Å². The van der Waals surface area contributed by atoms with Crippen LogP contribution in [0, 0.1) is 5.92 Å². The van der Waals surface area contributed by atoms with Crippen molar-refractivity contribution in [1.82, 2.24) is 15.5 Å². The first-order chi connectivity index (χ1) is 18.1. The molecule has 3 rings (SSSR count). The third kappa shape index (κ3) is 7.35. The van der Waals surface area contributed by atoms with Gasteiger partial charge in [0.25, 0.3) is 0 Å². The lowest BCUT2D eigenvalue weighted by atomic mass is 9.91. The first-order valence-electron chi connectivity index (χ1n) is 12.7. The molecule has 10 heteroatoms. The molecule has 0 aromatic heterocycles. The van der Waals surface area contributed by atoms with E-state index in [9.17, 15) is 24.3 Å². The molecule has 0 radical (unpaired) electrons. The molecule has 1 aliphatic heterocycles. The maximum absolute atomic E-state index is 13.8. The molecule has 2 aromatic carbocycles. The number of aryl methyl sites for hydroxylation is 1. The molecule has 5 N–H and O–H groups in total. The number of fused-ring (bicyclic) bond motifs is 1. The topological polar surface area (TPSA) is 142 Å². The Balaban J connectivity index is 1.84. The van der Waals surface area contributed by atoms with Gasteiger partial charge in [0.1, 0.15) is 18.1 Å². The highest BCUT2D eigenvalue weighted by Crippen LogP contribution is 2.25. The van der Waals surface area contributed by atoms with Crippen LogP contribution in [0.3, 0.4) is 0 Å². The highest BCUT2D eigenvalue weighted by atomic mass is 32.1. The molecule has 0 spiro atoms. The van der Waals surface area contributed by atoms with E-state index >= 15 is 0 Å². The molecule has 0 fully saturated rings. The van der Waals surface area contributed by atoms with Crippen molar-refractivity contribution >= 4 is 36.3 Å². The molecule has 0 saturated carbocycles. The summed E-state index contributed by atoms with van der Waals surface area (Å²) in [4.78, 5) is 53.3. The molecule has 1 aliphatic rings. The van der Waals surface area contributed by atoms with Crippen LogP contribution in [0.1, 0.15) is 37.0 Å². The number of carbonyl (C=O) groups excluding carboxylic acids is 3. The molecule has 4 atom stereocenters. The second-order valence-corrected chi connectivity index (χ2v) is 10.3. The van der Waals surface area contributed by atoms with Crippen molar-refractivity contribution in [1.29, 1.82) is 0 Å². The van der Waals surface area contributed by atoms with Gasteiger partial charge in [0.15, 0.2) is 0 Å². The zero-order valence-corrected chi connectivity index (χ0v) is 22.6. The van der Waals surface area contributed by atoms with Gasteiger partial charge >= 0.3 is 5.97 Å². The highest BCUT2D eigenvalue weighted by molar-refractivity contribution is 7.80. The van der Waals surface area contributed by atoms with Gasteiger partial charge in [-0.15, -0.1) is 0 Å². The van der Waals surface area contributed by atoms with E-state index in [4.69, 9.17) is 5.73 Å². The van der Waals surface area contributed by atoms with Crippen LogP contribution in [0.5, 0.6) is 0 Å². The predicted molar refractivity (Wildman–Crippen MR) is 147 cm³/mol. The third-order valence-electron chi connectivity index (χ3n) is 6.78. The molecule has 204 valence electrons. The number of rotatable bonds is 11. The molecule has 38 heavy (non-hydrogen) atoms. The summed E-state index contributed by atoms with van der Waals surface area (Å²) in [5, 5.41) is 15.2. The van der Waals surface area contributed by atoms with Crippen molar-refractivity contribution in [2.45, 2.75) is 63.8 Å². The minimum Gasteiger partial charge on any atom is -0.480 e. The van der Waals surface area contributed by atoms with Crippen molar-refractivity contribution in [3.05, 3.63) is 71.3 Å². The first kappa shape index (κ1) is 29.2. The van der Waals surface area contributed by atoms with Gasteiger partial charge in [-0.05, 0) is 35.4 Å². The summed E-state index contributed by atoms with van der Waals surface area (Å²) in [5.41, 5.74) is 8.57. The number of thiol groups is 1. The number of nitrogens with one attached hydrogen (secondary N) is 2. The summed E-state index contributed by atoms with van der Waals surface area (Å²) in [6.45, 7) is 3.75. The highest BCUT2D eigenvalue weighted by Gasteiger charge is 2.40. The number of hydrogen-bond donors (Lipinski definition) is 5. The fourth-order valence-electron chi connectivity index (χ4n) is 4.51. The monoisotopic (exact) mass is 540 g/mol. The van der Waals surface area contributed by atoms with Gasteiger partial charge in [-0.2, -0.15) is 12.6 Å². The fourth-order valence-corrected chi connectivity index (χ4v) is 4.67. The Morgan fingerprint density at radius 2 is 1.66 bits per heavy atom. The van der Waals surface area contributed by atoms with E-state index in [2.05, 4.69) is 23.3 Å². The predicted octanol–water partition coefficient (Wildman–Crippen LogP) is 1.54. The third-order valence-corrected chi connectivity index (χ3v) is 7.17. The molecule has 1 heterocycles. The Labute approximate surface area is 228 Å². The Hall–Kier alpha value is -3.37. The van der Waals surface area contributed by atoms with Gasteiger partial charge in [-0.25, -0.2) is 4.79 Å². The number of nitrogens with two attached hydrogens (primary N) is 1. The Morgan fingerprint density at radius 1 is 1.03 bits per heavy atom. The minimum atomic E-state index is -1.14. The molecule has 2 aromatic rings. The van der Waals surface area contributed by atoms with Gasteiger partial charge in [0, 0.05) is 18.7 Å². The van der Waals surface area contributed by atoms with Gasteiger partial charge in [-0.3, -0.25) is 14.4 Å². The number of aliphatic carboxylic acids is 1. The van der Waals surface area contributed by atoms with Gasteiger partial charge in [0.05, 0.1) is 6.04 Å². The van der Waals surface area contributed by atoms with Crippen LogP contribution in [-0.4, -0.2) is 63.6 Å². The molecular weight excluding hydrogens is 504 g/mol. The Kier molecular flexibility index (Phi) is 10.3. The largest absolute Gasteiger partial charge is 0.480 e. The minimum absolute atomic E-state index is 0.118. The number of carboxylic acids is 1. The van der Waals surface area contributed by atoms with Crippen molar-refractivity contribution in [2.75, 3.05) is 5.75 Å². The normalized spacial score (nSPS) is 17.2. The van der Waals surface area contributed by atoms with Crippen LogP contribution < -0.4 is 16.4 Å². The number of carboxylic acid groups (broad SMARTS) is 1. The van der Waals surface area contributed by atoms with Crippen LogP contribution in [0.2, 0.25) is 0 Å². The van der Waals surface area contributed by atoms with E-state index in [1.807, 2.05) is 54.6 Å². The molecular formula is C28H36N4O5S. The summed E-state index contributed by atoms with van der Waals surface area (Å²) < 4.78 is 0. The lowest BCUT2D eigenvalue weighted by Gasteiger charge is -2.39. The zero-order chi connectivity index (χ0) is 27.8. The molecule has 0 bridgehead atoms. The van der Waals surface area contributed by atoms with Crippen LogP contribution >= 0.6 is 12.6 Å². The molecule has 0 saturated heterocycles. The van der Waals surface area contributed by atoms with Crippen LogP contribution in [-0.2, 0) is 38.6 Å². The Bertz CT molecular complexity index is 1140. The fraction of sp³-hybridized carbons (Fsp3) is 0.429. The Morgan fingerprint density at radius 3 is 2.26 bits per heavy atom. The second-order valence-electron chi connectivity index (χ2n) is 9.90. The van der Waals surface area contributed by atoms with Gasteiger partial charge < -0.3 is 26.4 Å². The van der Waals surface area contributed by atoms with Crippen molar-refractivity contribution < 1.29 is 24.3 Å². The summed E-state index contributed by atoms with van der Waals surface area (Å²) >= 11 is 4.06. The van der Waals surface area contributed by atoms with Crippen LogP contribution in [0.4, 0.5) is 0 Å². The maximum atomic E-state index is 13.8. The number of carbonyl (C=O) groups is 4. The quantitative estimate of drug-likeness (QED) is 0.274. The van der Waals surface area contributed by atoms with E-state index in [1.165, 1.54) is 4.90 Å². The van der Waals surface area contributed by atoms with Crippen molar-refractivity contribution in [3.63, 3.8) is 0 Å². The van der Waals surface area contributed by atoms with E-state index in [0.717, 1.165) is 16.7 Å². The lowest BCUT2D eigenvalue weighted by molar-refractivity contribution is -0.147. The second kappa shape index (κ2) is 13.4. The molecule has 0 aliphatic carbocycles. The van der Waals surface area contributed by atoms with Crippen molar-refractivity contribution in [3.8, 4) is 0 Å². The first-order valence-corrected chi connectivity index (χ1v) is 13.4. The van der Waals surface area contributed by atoms with E-state index < -0.39 is 47.9 Å². The number of benzene rings is 2. The molecule has 9 nitrogen and oxygen atoms in total. The summed E-state index contributed by atoms with van der Waals surface area (Å²) in [6.07, 6.45) is 0.906. The van der Waals surface area contributed by atoms with Crippen LogP contribution in [0.15, 0.2) is 54.6 Å².